The molecule has 6 nitrogen and oxygen atoms in total. The Morgan fingerprint density at radius 1 is 1.26 bits per heavy atom. The maximum Gasteiger partial charge on any atom is 0.321 e. The molecule has 19 heavy (non-hydrogen) atoms. The monoisotopic (exact) mass is 261 g/mol. The minimum absolute atomic E-state index is 0.334. The molecule has 0 bridgehead atoms. The minimum atomic E-state index is 0.334. The third-order valence-corrected chi connectivity index (χ3v) is 2.45. The predicted octanol–water partition coefficient (Wildman–Crippen LogP) is 1.75. The topological polar surface area (TPSA) is 64.9 Å². The maximum absolute atomic E-state index is 5.47. The molecule has 0 aliphatic carbocycles. The molecule has 2 rings (SSSR count). The Kier molecular flexibility index (Phi) is 4.46. The lowest BCUT2D eigenvalue weighted by Gasteiger charge is -2.07. The number of hydrogen-bond acceptors (Lipinski definition) is 5. The van der Waals surface area contributed by atoms with Crippen LogP contribution < -0.4 is 10.1 Å². The molecular weight excluding hydrogens is 242 g/mol. The average molecular weight is 261 g/mol. The summed E-state index contributed by atoms with van der Waals surface area (Å²) in [7, 11) is 1.83. The van der Waals surface area contributed by atoms with Gasteiger partial charge >= 0.3 is 6.01 Å². The summed E-state index contributed by atoms with van der Waals surface area (Å²) in [6.07, 6.45) is 6.93. The molecule has 2 aromatic rings. The normalized spacial score (nSPS) is 10.9. The fourth-order valence-electron chi connectivity index (χ4n) is 1.55. The summed E-state index contributed by atoms with van der Waals surface area (Å²) >= 11 is 0. The summed E-state index contributed by atoms with van der Waals surface area (Å²) in [5.74, 6) is 1.27. The smallest absolute Gasteiger partial charge is 0.321 e. The molecule has 0 amide bonds. The van der Waals surface area contributed by atoms with E-state index >= 15 is 0 Å². The van der Waals surface area contributed by atoms with E-state index in [0.29, 0.717) is 17.7 Å². The summed E-state index contributed by atoms with van der Waals surface area (Å²) < 4.78 is 7.14. The van der Waals surface area contributed by atoms with Crippen molar-refractivity contribution in [2.75, 3.05) is 6.54 Å². The highest BCUT2D eigenvalue weighted by molar-refractivity contribution is 5.17. The highest BCUT2D eigenvalue weighted by Gasteiger charge is 2.03. The van der Waals surface area contributed by atoms with Crippen LogP contribution in [0.1, 0.15) is 19.4 Å². The Morgan fingerprint density at radius 3 is 2.58 bits per heavy atom. The van der Waals surface area contributed by atoms with Crippen molar-refractivity contribution in [2.45, 2.75) is 20.4 Å². The standard InChI is InChI=1S/C13H19N5O/c1-10(2)4-14-5-11-6-15-13(16-7-11)19-12-8-17-18(3)9-12/h6-10,14H,4-5H2,1-3H3. The van der Waals surface area contributed by atoms with Crippen LogP contribution in [-0.4, -0.2) is 26.3 Å². The van der Waals surface area contributed by atoms with Gasteiger partial charge in [-0.1, -0.05) is 13.8 Å². The van der Waals surface area contributed by atoms with Crippen LogP contribution in [0.5, 0.6) is 11.8 Å². The van der Waals surface area contributed by atoms with Gasteiger partial charge in [-0.2, -0.15) is 5.10 Å². The molecule has 2 heterocycles. The van der Waals surface area contributed by atoms with Gasteiger partial charge in [0.2, 0.25) is 0 Å². The number of rotatable bonds is 6. The van der Waals surface area contributed by atoms with Gasteiger partial charge in [-0.15, -0.1) is 0 Å². The van der Waals surface area contributed by atoms with Crippen molar-refractivity contribution in [2.24, 2.45) is 13.0 Å². The summed E-state index contributed by atoms with van der Waals surface area (Å²) in [4.78, 5) is 8.34. The van der Waals surface area contributed by atoms with Gasteiger partial charge in [-0.25, -0.2) is 9.97 Å². The molecule has 0 aliphatic rings. The van der Waals surface area contributed by atoms with Crippen molar-refractivity contribution in [3.05, 3.63) is 30.4 Å². The molecule has 0 aliphatic heterocycles. The molecule has 0 radical (unpaired) electrons. The summed E-state index contributed by atoms with van der Waals surface area (Å²) in [6.45, 7) is 6.10. The quantitative estimate of drug-likeness (QED) is 0.858. The van der Waals surface area contributed by atoms with Crippen LogP contribution in [0.25, 0.3) is 0 Å². The van der Waals surface area contributed by atoms with Crippen LogP contribution in [0.15, 0.2) is 24.8 Å². The van der Waals surface area contributed by atoms with Gasteiger partial charge in [-0.05, 0) is 12.5 Å². The van der Waals surface area contributed by atoms with Gasteiger partial charge in [-0.3, -0.25) is 4.68 Å². The lowest BCUT2D eigenvalue weighted by Crippen LogP contribution is -2.19. The number of aromatic nitrogens is 4. The van der Waals surface area contributed by atoms with Crippen molar-refractivity contribution in [1.82, 2.24) is 25.1 Å². The number of hydrogen-bond donors (Lipinski definition) is 1. The SMILES string of the molecule is CC(C)CNCc1cnc(Oc2cnn(C)c2)nc1. The van der Waals surface area contributed by atoms with Crippen molar-refractivity contribution in [3.8, 4) is 11.8 Å². The van der Waals surface area contributed by atoms with Crippen LogP contribution in [0, 0.1) is 5.92 Å². The second-order valence-corrected chi connectivity index (χ2v) is 4.85. The van der Waals surface area contributed by atoms with E-state index in [1.54, 1.807) is 29.5 Å². The Morgan fingerprint density at radius 2 is 2.00 bits per heavy atom. The second-order valence-electron chi connectivity index (χ2n) is 4.85. The van der Waals surface area contributed by atoms with E-state index in [9.17, 15) is 0 Å². The minimum Gasteiger partial charge on any atom is -0.421 e. The van der Waals surface area contributed by atoms with E-state index in [0.717, 1.165) is 18.7 Å². The van der Waals surface area contributed by atoms with Gasteiger partial charge in [0.1, 0.15) is 0 Å². The number of aryl methyl sites for hydroxylation is 1. The van der Waals surface area contributed by atoms with Crippen LogP contribution in [0.2, 0.25) is 0 Å². The van der Waals surface area contributed by atoms with Crippen LogP contribution in [0.4, 0.5) is 0 Å². The predicted molar refractivity (Wildman–Crippen MR) is 71.9 cm³/mol. The lowest BCUT2D eigenvalue weighted by atomic mass is 10.2. The molecule has 0 saturated heterocycles. The summed E-state index contributed by atoms with van der Waals surface area (Å²) in [5.41, 5.74) is 1.04. The molecule has 0 aromatic carbocycles. The Bertz CT molecular complexity index is 506. The molecule has 0 spiro atoms. The molecule has 102 valence electrons. The van der Waals surface area contributed by atoms with Gasteiger partial charge < -0.3 is 10.1 Å². The molecular formula is C13H19N5O. The van der Waals surface area contributed by atoms with E-state index in [1.165, 1.54) is 0 Å². The van der Waals surface area contributed by atoms with Crippen LogP contribution in [-0.2, 0) is 13.6 Å². The van der Waals surface area contributed by atoms with Crippen molar-refractivity contribution in [1.29, 1.82) is 0 Å². The van der Waals surface area contributed by atoms with E-state index < -0.39 is 0 Å². The van der Waals surface area contributed by atoms with E-state index in [1.807, 2.05) is 7.05 Å². The highest BCUT2D eigenvalue weighted by atomic mass is 16.5. The largest absolute Gasteiger partial charge is 0.421 e. The Hall–Kier alpha value is -1.95. The molecule has 0 unspecified atom stereocenters. The first-order valence-electron chi connectivity index (χ1n) is 6.31. The van der Waals surface area contributed by atoms with Crippen molar-refractivity contribution < 1.29 is 4.74 Å². The maximum atomic E-state index is 5.47. The highest BCUT2D eigenvalue weighted by Crippen LogP contribution is 2.15. The summed E-state index contributed by atoms with van der Waals surface area (Å²) in [5, 5.41) is 7.35. The molecule has 6 heteroatoms. The molecule has 0 saturated carbocycles. The number of nitrogens with zero attached hydrogens (tertiary/aromatic N) is 4. The molecule has 0 fully saturated rings. The van der Waals surface area contributed by atoms with E-state index in [2.05, 4.69) is 34.2 Å². The molecule has 2 aromatic heterocycles. The van der Waals surface area contributed by atoms with E-state index in [-0.39, 0.29) is 0 Å². The fourth-order valence-corrected chi connectivity index (χ4v) is 1.55. The Balaban J connectivity index is 1.87. The molecule has 1 N–H and O–H groups in total. The van der Waals surface area contributed by atoms with Crippen LogP contribution >= 0.6 is 0 Å². The zero-order valence-corrected chi connectivity index (χ0v) is 11.5. The summed E-state index contributed by atoms with van der Waals surface area (Å²) in [6, 6.07) is 0.334. The van der Waals surface area contributed by atoms with Gasteiger partial charge in [0.15, 0.2) is 5.75 Å². The van der Waals surface area contributed by atoms with E-state index in [4.69, 9.17) is 4.74 Å². The van der Waals surface area contributed by atoms with Gasteiger partial charge in [0, 0.05) is 31.5 Å². The van der Waals surface area contributed by atoms with Crippen molar-refractivity contribution >= 4 is 0 Å². The third kappa shape index (κ3) is 4.33. The Labute approximate surface area is 112 Å². The third-order valence-electron chi connectivity index (χ3n) is 2.45. The lowest BCUT2D eigenvalue weighted by molar-refractivity contribution is 0.440. The second kappa shape index (κ2) is 6.29. The van der Waals surface area contributed by atoms with Gasteiger partial charge in [0.25, 0.3) is 0 Å². The molecule has 0 atom stereocenters. The van der Waals surface area contributed by atoms with Crippen LogP contribution in [0.3, 0.4) is 0 Å². The zero-order chi connectivity index (χ0) is 13.7. The zero-order valence-electron chi connectivity index (χ0n) is 11.5. The first-order valence-corrected chi connectivity index (χ1v) is 6.31. The van der Waals surface area contributed by atoms with Crippen molar-refractivity contribution in [3.63, 3.8) is 0 Å². The first kappa shape index (κ1) is 13.5. The first-order chi connectivity index (χ1) is 9.13. The van der Waals surface area contributed by atoms with Gasteiger partial charge in [0.05, 0.1) is 12.4 Å². The number of ether oxygens (including phenoxy) is 1. The fraction of sp³-hybridized carbons (Fsp3) is 0.462. The average Bonchev–Trinajstić information content (AvgIpc) is 2.77. The number of nitrogens with one attached hydrogen (secondary N) is 1.